The number of ether oxygens (including phenoxy) is 1. The molecule has 25 nitrogen and oxygen atoms in total. The molecule has 382 valence electrons. The molecule has 7 atom stereocenters. The molecule has 2 aromatic rings. The molecule has 0 bridgehead atoms. The number of imidazole rings is 1. The number of nitrogens with zero attached hydrogens (tertiary/aromatic N) is 4. The Morgan fingerprint density at radius 2 is 1.54 bits per heavy atom. The number of nitrogens with two attached hydrogens (primary N) is 1. The zero-order chi connectivity index (χ0) is 50.0. The fourth-order valence-electron chi connectivity index (χ4n) is 6.68. The van der Waals surface area contributed by atoms with Crippen molar-refractivity contribution in [3.8, 4) is 0 Å². The van der Waals surface area contributed by atoms with Crippen molar-refractivity contribution >= 4 is 74.9 Å². The van der Waals surface area contributed by atoms with Crippen molar-refractivity contribution in [2.75, 3.05) is 37.8 Å². The number of carbonyl (C=O) groups excluding carboxylic acids is 4. The summed E-state index contributed by atoms with van der Waals surface area (Å²) in [5, 5.41) is 26.0. The molecule has 67 heavy (non-hydrogen) atoms. The molecule has 0 aliphatic carbocycles. The van der Waals surface area contributed by atoms with E-state index in [0.29, 0.717) is 6.42 Å². The summed E-state index contributed by atoms with van der Waals surface area (Å²) in [7, 11) is -17.6. The maximum atomic E-state index is 12.6. The Labute approximate surface area is 392 Å². The van der Waals surface area contributed by atoms with Crippen LogP contribution in [0.15, 0.2) is 12.7 Å². The molecule has 1 fully saturated rings. The number of nitrogens with one attached hydrogen (secondary N) is 2. The lowest BCUT2D eigenvalue weighted by Crippen LogP contribution is -2.46. The van der Waals surface area contributed by atoms with Gasteiger partial charge in [-0.3, -0.25) is 32.9 Å². The van der Waals surface area contributed by atoms with E-state index in [0.717, 1.165) is 60.6 Å². The number of phosphoric acid groups is 3. The summed E-state index contributed by atoms with van der Waals surface area (Å²) >= 11 is 0.926. The number of fused-ring (bicyclic) bond motifs is 1. The molecule has 6 N–H and O–H groups in total. The van der Waals surface area contributed by atoms with Gasteiger partial charge in [0.25, 0.3) is 15.6 Å². The zero-order valence-corrected chi connectivity index (χ0v) is 41.4. The van der Waals surface area contributed by atoms with Crippen molar-refractivity contribution in [2.24, 2.45) is 11.3 Å². The quantitative estimate of drug-likeness (QED) is 0.0379. The van der Waals surface area contributed by atoms with Crippen molar-refractivity contribution in [2.45, 2.75) is 142 Å². The van der Waals surface area contributed by atoms with Crippen LogP contribution in [0.25, 0.3) is 11.2 Å². The highest BCUT2D eigenvalue weighted by Crippen LogP contribution is 2.56. The van der Waals surface area contributed by atoms with Crippen LogP contribution in [-0.4, -0.2) is 109 Å². The molecule has 0 spiro atoms. The number of aliphatic hydroxyl groups is 2. The Bertz CT molecular complexity index is 2080. The van der Waals surface area contributed by atoms with E-state index in [1.165, 1.54) is 52.4 Å². The molecule has 0 aromatic carbocycles. The molecule has 2 unspecified atom stereocenters. The second-order valence-electron chi connectivity index (χ2n) is 17.0. The summed E-state index contributed by atoms with van der Waals surface area (Å²) in [5.41, 5.74) is 4.05. The van der Waals surface area contributed by atoms with E-state index in [-0.39, 0.29) is 59.6 Å². The summed E-state index contributed by atoms with van der Waals surface area (Å²) in [6, 6.07) is 0. The predicted octanol–water partition coefficient (Wildman–Crippen LogP) is 1.04. The normalized spacial score (nSPS) is 20.1. The highest BCUT2D eigenvalue weighted by Gasteiger charge is 2.47. The highest BCUT2D eigenvalue weighted by atomic mass is 32.2. The van der Waals surface area contributed by atoms with E-state index in [4.69, 9.17) is 10.5 Å². The Kier molecular flexibility index (Phi) is 24.1. The van der Waals surface area contributed by atoms with Gasteiger partial charge < -0.3 is 69.0 Å². The molecule has 1 saturated heterocycles. The van der Waals surface area contributed by atoms with Gasteiger partial charge in [-0.15, -0.1) is 0 Å². The van der Waals surface area contributed by atoms with Crippen LogP contribution in [0.5, 0.6) is 0 Å². The van der Waals surface area contributed by atoms with Gasteiger partial charge >= 0.3 is 0 Å². The molecular formula is C38H62N7O18P3S-4. The molecule has 3 heterocycles. The molecule has 29 heteroatoms. The van der Waals surface area contributed by atoms with Gasteiger partial charge in [-0.1, -0.05) is 97.2 Å². The largest absolute Gasteiger partial charge is 0.790 e. The Morgan fingerprint density at radius 1 is 0.910 bits per heavy atom. The number of Topliss-reactive ketones (excluding diaryl/α,β-unsaturated/α-hetero) is 1. The van der Waals surface area contributed by atoms with Crippen molar-refractivity contribution in [3.63, 3.8) is 0 Å². The third-order valence-corrected chi connectivity index (χ3v) is 14.2. The van der Waals surface area contributed by atoms with Crippen molar-refractivity contribution in [1.29, 1.82) is 0 Å². The fourth-order valence-corrected chi connectivity index (χ4v) is 10.1. The maximum absolute atomic E-state index is 12.6. The van der Waals surface area contributed by atoms with Crippen molar-refractivity contribution in [1.82, 2.24) is 30.2 Å². The van der Waals surface area contributed by atoms with Crippen LogP contribution < -0.4 is 35.9 Å². The molecule has 3 rings (SSSR count). The number of aromatic nitrogens is 4. The van der Waals surface area contributed by atoms with Crippen LogP contribution in [-0.2, 0) is 55.5 Å². The number of ketones is 1. The molecule has 1 aliphatic rings. The first-order valence-electron chi connectivity index (χ1n) is 21.8. The summed E-state index contributed by atoms with van der Waals surface area (Å²) in [5.74, 6) is -0.758. The standard InChI is InChI=1S/C38H66N7O18P3S/c1-25(2)14-12-10-8-6-5-7-9-11-13-15-26(46)20-29(48)67-19-18-40-28(47)16-17-41-36(51)33(50)38(3,4)22-60-66(57,58)63-65(55,56)59-21-27-32(62-64(52,53)54)31(49)37(61-27)45-24-44-30-34(39)42-23-43-35(30)45/h23-25,27,31-33,37,49-50H,5-22H2,1-4H3,(H,40,47)(H,41,51)(H,55,56)(H,57,58)(H2,39,42,43)(H2,52,53,54)/p-4/t27-,31-,32-,33+,37-/m1/s1. The number of rotatable bonds is 33. The van der Waals surface area contributed by atoms with E-state index in [2.05, 4.69) is 57.3 Å². The first-order valence-corrected chi connectivity index (χ1v) is 27.2. The Balaban J connectivity index is 1.32. The molecular weight excluding hydrogens is 967 g/mol. The number of thioether (sulfide) groups is 1. The van der Waals surface area contributed by atoms with Gasteiger partial charge in [0.05, 0.1) is 33.8 Å². The highest BCUT2D eigenvalue weighted by molar-refractivity contribution is 8.13. The van der Waals surface area contributed by atoms with E-state index in [1.54, 1.807) is 0 Å². The SMILES string of the molecule is CC(C)CCCCCCCCCCCC(=O)CC(=O)SCCNC(=O)CCNC(=O)[C@H](O)C(C)(C)COP(=O)([O-])OP(=O)([O-])OC[C@H]1O[C@@H](n2cnc3c(N)ncnc32)[C@H](O)[C@@H]1OP(=O)([O-])[O-]. The van der Waals surface area contributed by atoms with Gasteiger partial charge in [0.1, 0.15) is 42.0 Å². The Hall–Kier alpha value is -2.77. The van der Waals surface area contributed by atoms with E-state index >= 15 is 0 Å². The van der Waals surface area contributed by atoms with Gasteiger partial charge in [-0.2, -0.15) is 0 Å². The summed E-state index contributed by atoms with van der Waals surface area (Å²) in [6.45, 7) is 4.42. The molecule has 0 radical (unpaired) electrons. The number of anilines is 1. The lowest BCUT2D eigenvalue weighted by atomic mass is 9.87. The number of phosphoric ester groups is 3. The lowest BCUT2D eigenvalue weighted by molar-refractivity contribution is -0.347. The number of hydrogen-bond donors (Lipinski definition) is 5. The van der Waals surface area contributed by atoms with Gasteiger partial charge in [-0.05, 0) is 12.3 Å². The molecule has 0 saturated carbocycles. The summed E-state index contributed by atoms with van der Waals surface area (Å²) in [6.07, 6.45) is 3.95. The number of nitrogen functional groups attached to an aromatic ring is 1. The number of aliphatic hydroxyl groups excluding tert-OH is 2. The van der Waals surface area contributed by atoms with Crippen LogP contribution in [0.4, 0.5) is 5.82 Å². The molecule has 1 aliphatic heterocycles. The van der Waals surface area contributed by atoms with Crippen molar-refractivity contribution in [3.05, 3.63) is 12.7 Å². The first kappa shape index (κ1) is 58.5. The van der Waals surface area contributed by atoms with Gasteiger partial charge in [-0.25, -0.2) is 19.3 Å². The van der Waals surface area contributed by atoms with Crippen LogP contribution in [0, 0.1) is 11.3 Å². The second-order valence-corrected chi connectivity index (χ2v) is 22.2. The van der Waals surface area contributed by atoms with Gasteiger partial charge in [0.2, 0.25) is 11.8 Å². The van der Waals surface area contributed by atoms with Gasteiger partial charge in [0, 0.05) is 37.1 Å². The van der Waals surface area contributed by atoms with Crippen LogP contribution in [0.3, 0.4) is 0 Å². The minimum absolute atomic E-state index is 0.0258. The Morgan fingerprint density at radius 3 is 2.18 bits per heavy atom. The third kappa shape index (κ3) is 21.4. The summed E-state index contributed by atoms with van der Waals surface area (Å²) in [4.78, 5) is 109. The number of hydrogen-bond acceptors (Lipinski definition) is 23. The molecule has 2 aromatic heterocycles. The van der Waals surface area contributed by atoms with E-state index < -0.39 is 84.6 Å². The maximum Gasteiger partial charge on any atom is 0.274 e. The fraction of sp³-hybridized carbons (Fsp3) is 0.763. The van der Waals surface area contributed by atoms with Crippen LogP contribution >= 0.6 is 35.2 Å². The first-order chi connectivity index (χ1) is 31.3. The number of amides is 2. The zero-order valence-electron chi connectivity index (χ0n) is 37.9. The predicted molar refractivity (Wildman–Crippen MR) is 233 cm³/mol. The smallest absolute Gasteiger partial charge is 0.274 e. The van der Waals surface area contributed by atoms with E-state index in [1.807, 2.05) is 0 Å². The average molecular weight is 1030 g/mol. The summed E-state index contributed by atoms with van der Waals surface area (Å²) < 4.78 is 60.7. The molecule has 2 amide bonds. The van der Waals surface area contributed by atoms with Gasteiger partial charge in [0.15, 0.2) is 22.8 Å². The van der Waals surface area contributed by atoms with E-state index in [9.17, 15) is 62.7 Å². The monoisotopic (exact) mass is 1030 g/mol. The minimum Gasteiger partial charge on any atom is -0.790 e. The van der Waals surface area contributed by atoms with Crippen LogP contribution in [0.2, 0.25) is 0 Å². The topological polar surface area (TPSA) is 392 Å². The minimum atomic E-state index is -5.93. The number of unbranched alkanes of at least 4 members (excludes halogenated alkanes) is 8. The lowest BCUT2D eigenvalue weighted by Gasteiger charge is -2.36. The third-order valence-electron chi connectivity index (χ3n) is 10.3. The van der Waals surface area contributed by atoms with Crippen LogP contribution in [0.1, 0.15) is 117 Å². The number of carbonyl (C=O) groups is 4. The van der Waals surface area contributed by atoms with Crippen molar-refractivity contribution < 1.29 is 85.3 Å². The average Bonchev–Trinajstić information content (AvgIpc) is 3.79. The second kappa shape index (κ2) is 27.6.